The normalized spacial score (nSPS) is 18.7. The lowest BCUT2D eigenvalue weighted by molar-refractivity contribution is 0.00928. The third-order valence-electron chi connectivity index (χ3n) is 5.01. The number of unbranched alkanes of at least 4 members (excludes halogenated alkanes) is 1. The SMILES string of the molecule is CCCCNC(=NC)N1CCC(N(CC2CC2)C(=O)OC(C)(C)C)CC1.I. The van der Waals surface area contributed by atoms with E-state index in [0.29, 0.717) is 5.92 Å². The van der Waals surface area contributed by atoms with Crippen LogP contribution in [0.5, 0.6) is 0 Å². The minimum atomic E-state index is -0.440. The molecule has 0 unspecified atom stereocenters. The average molecular weight is 494 g/mol. The Kier molecular flexibility index (Phi) is 10.2. The van der Waals surface area contributed by atoms with Crippen molar-refractivity contribution in [1.29, 1.82) is 0 Å². The molecule has 0 spiro atoms. The molecule has 1 saturated heterocycles. The highest BCUT2D eigenvalue weighted by Gasteiger charge is 2.35. The summed E-state index contributed by atoms with van der Waals surface area (Å²) in [7, 11) is 1.85. The van der Waals surface area contributed by atoms with Crippen LogP contribution in [0.25, 0.3) is 0 Å². The lowest BCUT2D eigenvalue weighted by Crippen LogP contribution is -2.52. The summed E-state index contributed by atoms with van der Waals surface area (Å²) < 4.78 is 5.68. The first-order valence-corrected chi connectivity index (χ1v) is 10.3. The van der Waals surface area contributed by atoms with E-state index in [0.717, 1.165) is 51.4 Å². The summed E-state index contributed by atoms with van der Waals surface area (Å²) in [5.41, 5.74) is -0.440. The quantitative estimate of drug-likeness (QED) is 0.262. The van der Waals surface area contributed by atoms with E-state index >= 15 is 0 Å². The van der Waals surface area contributed by atoms with Gasteiger partial charge >= 0.3 is 6.09 Å². The summed E-state index contributed by atoms with van der Waals surface area (Å²) in [6, 6.07) is 0.274. The Morgan fingerprint density at radius 2 is 1.85 bits per heavy atom. The molecule has 0 radical (unpaired) electrons. The molecule has 0 aromatic rings. The Morgan fingerprint density at radius 1 is 1.22 bits per heavy atom. The molecular weight excluding hydrogens is 455 g/mol. The number of hydrogen-bond acceptors (Lipinski definition) is 3. The van der Waals surface area contributed by atoms with Crippen molar-refractivity contribution in [3.8, 4) is 0 Å². The fourth-order valence-corrected chi connectivity index (χ4v) is 3.37. The molecule has 2 fully saturated rings. The maximum absolute atomic E-state index is 12.7. The van der Waals surface area contributed by atoms with Crippen LogP contribution in [0.15, 0.2) is 4.99 Å². The van der Waals surface area contributed by atoms with Gasteiger partial charge in [-0.05, 0) is 58.8 Å². The second-order valence-electron chi connectivity index (χ2n) is 8.62. The molecule has 1 saturated carbocycles. The minimum absolute atomic E-state index is 0. The second-order valence-corrected chi connectivity index (χ2v) is 8.62. The standard InChI is InChI=1S/C20H38N4O2.HI/c1-6-7-12-22-18(21-5)23-13-10-17(11-14-23)24(15-16-8-9-16)19(25)26-20(2,3)4;/h16-17H,6-15H2,1-5H3,(H,21,22);1H. The van der Waals surface area contributed by atoms with Crippen molar-refractivity contribution in [2.24, 2.45) is 10.9 Å². The minimum Gasteiger partial charge on any atom is -0.444 e. The highest BCUT2D eigenvalue weighted by atomic mass is 127. The molecule has 1 heterocycles. The number of guanidine groups is 1. The fourth-order valence-electron chi connectivity index (χ4n) is 3.37. The molecule has 2 rings (SSSR count). The third kappa shape index (κ3) is 8.44. The molecule has 0 aromatic heterocycles. The van der Waals surface area contributed by atoms with Crippen LogP contribution in [0.3, 0.4) is 0 Å². The van der Waals surface area contributed by atoms with Gasteiger partial charge in [0.2, 0.25) is 0 Å². The van der Waals surface area contributed by atoms with Gasteiger partial charge in [-0.25, -0.2) is 4.79 Å². The van der Waals surface area contributed by atoms with Crippen LogP contribution in [-0.4, -0.2) is 66.7 Å². The van der Waals surface area contributed by atoms with E-state index in [1.807, 2.05) is 32.7 Å². The van der Waals surface area contributed by atoms with E-state index in [4.69, 9.17) is 4.74 Å². The topological polar surface area (TPSA) is 57.2 Å². The number of aliphatic imine (C=N–C) groups is 1. The van der Waals surface area contributed by atoms with Gasteiger partial charge in [0, 0.05) is 39.3 Å². The molecule has 0 atom stereocenters. The molecule has 1 aliphatic carbocycles. The van der Waals surface area contributed by atoms with Crippen molar-refractivity contribution in [3.05, 3.63) is 0 Å². The van der Waals surface area contributed by atoms with Gasteiger partial charge in [-0.2, -0.15) is 0 Å². The van der Waals surface area contributed by atoms with Crippen molar-refractivity contribution in [2.75, 3.05) is 33.2 Å². The number of nitrogens with one attached hydrogen (secondary N) is 1. The van der Waals surface area contributed by atoms with Crippen LogP contribution in [0.2, 0.25) is 0 Å². The van der Waals surface area contributed by atoms with Crippen LogP contribution in [0.1, 0.15) is 66.2 Å². The van der Waals surface area contributed by atoms with Crippen molar-refractivity contribution in [3.63, 3.8) is 0 Å². The molecule has 2 aliphatic rings. The predicted octanol–water partition coefficient (Wildman–Crippen LogP) is 4.09. The van der Waals surface area contributed by atoms with E-state index < -0.39 is 5.60 Å². The zero-order valence-electron chi connectivity index (χ0n) is 17.8. The van der Waals surface area contributed by atoms with Gasteiger partial charge in [0.15, 0.2) is 5.96 Å². The van der Waals surface area contributed by atoms with Gasteiger partial charge in [-0.1, -0.05) is 13.3 Å². The Hall–Kier alpha value is -0.730. The van der Waals surface area contributed by atoms with Gasteiger partial charge in [0.25, 0.3) is 0 Å². The van der Waals surface area contributed by atoms with Crippen molar-refractivity contribution < 1.29 is 9.53 Å². The van der Waals surface area contributed by atoms with Crippen LogP contribution < -0.4 is 5.32 Å². The smallest absolute Gasteiger partial charge is 0.410 e. The van der Waals surface area contributed by atoms with Crippen LogP contribution in [0.4, 0.5) is 4.79 Å². The maximum atomic E-state index is 12.7. The van der Waals surface area contributed by atoms with Crippen LogP contribution >= 0.6 is 24.0 Å². The Labute approximate surface area is 182 Å². The molecule has 1 amide bonds. The van der Waals surface area contributed by atoms with E-state index in [1.165, 1.54) is 19.3 Å². The Bertz CT molecular complexity index is 481. The van der Waals surface area contributed by atoms with Gasteiger partial charge in [-0.3, -0.25) is 4.99 Å². The number of carbonyl (C=O) groups is 1. The molecule has 6 nitrogen and oxygen atoms in total. The number of amides is 1. The van der Waals surface area contributed by atoms with E-state index in [2.05, 4.69) is 22.1 Å². The maximum Gasteiger partial charge on any atom is 0.410 e. The molecule has 1 aliphatic heterocycles. The monoisotopic (exact) mass is 494 g/mol. The number of hydrogen-bond donors (Lipinski definition) is 1. The zero-order valence-corrected chi connectivity index (χ0v) is 20.1. The van der Waals surface area contributed by atoms with Gasteiger partial charge in [-0.15, -0.1) is 24.0 Å². The summed E-state index contributed by atoms with van der Waals surface area (Å²) in [6.45, 7) is 11.7. The first-order valence-electron chi connectivity index (χ1n) is 10.3. The number of halogens is 1. The third-order valence-corrected chi connectivity index (χ3v) is 5.01. The molecule has 158 valence electrons. The first-order chi connectivity index (χ1) is 12.3. The van der Waals surface area contributed by atoms with E-state index in [9.17, 15) is 4.79 Å². The summed E-state index contributed by atoms with van der Waals surface area (Å²) in [5, 5.41) is 3.45. The lowest BCUT2D eigenvalue weighted by atomic mass is 10.0. The number of rotatable bonds is 6. The number of piperidine rings is 1. The highest BCUT2D eigenvalue weighted by molar-refractivity contribution is 14.0. The van der Waals surface area contributed by atoms with Gasteiger partial charge < -0.3 is 19.9 Å². The molecular formula is C20H39IN4O2. The zero-order chi connectivity index (χ0) is 19.2. The Balaban J connectivity index is 0.00000364. The van der Waals surface area contributed by atoms with Crippen molar-refractivity contribution in [2.45, 2.75) is 77.9 Å². The van der Waals surface area contributed by atoms with Crippen molar-refractivity contribution >= 4 is 36.0 Å². The largest absolute Gasteiger partial charge is 0.444 e. The summed E-state index contributed by atoms with van der Waals surface area (Å²) >= 11 is 0. The second kappa shape index (κ2) is 11.3. The van der Waals surface area contributed by atoms with Crippen LogP contribution in [0, 0.1) is 5.92 Å². The highest BCUT2D eigenvalue weighted by Crippen LogP contribution is 2.32. The molecule has 7 heteroatoms. The molecule has 27 heavy (non-hydrogen) atoms. The summed E-state index contributed by atoms with van der Waals surface area (Å²) in [5.74, 6) is 1.66. The summed E-state index contributed by atoms with van der Waals surface area (Å²) in [6.07, 6.45) is 6.62. The molecule has 1 N–H and O–H groups in total. The first kappa shape index (κ1) is 24.3. The lowest BCUT2D eigenvalue weighted by Gasteiger charge is -2.40. The van der Waals surface area contributed by atoms with E-state index in [-0.39, 0.29) is 36.1 Å². The average Bonchev–Trinajstić information content (AvgIpc) is 3.40. The van der Waals surface area contributed by atoms with Gasteiger partial charge in [0.1, 0.15) is 5.60 Å². The molecule has 0 aromatic carbocycles. The summed E-state index contributed by atoms with van der Waals surface area (Å²) in [4.78, 5) is 21.5. The van der Waals surface area contributed by atoms with Crippen molar-refractivity contribution in [1.82, 2.24) is 15.1 Å². The van der Waals surface area contributed by atoms with Gasteiger partial charge in [0.05, 0.1) is 0 Å². The Morgan fingerprint density at radius 3 is 2.33 bits per heavy atom. The number of nitrogens with zero attached hydrogens (tertiary/aromatic N) is 3. The number of carbonyl (C=O) groups excluding carboxylic acids is 1. The number of ether oxygens (including phenoxy) is 1. The predicted molar refractivity (Wildman–Crippen MR) is 122 cm³/mol. The molecule has 0 bridgehead atoms. The fraction of sp³-hybridized carbons (Fsp3) is 0.900. The van der Waals surface area contributed by atoms with Crippen LogP contribution in [-0.2, 0) is 4.74 Å². The van der Waals surface area contributed by atoms with E-state index in [1.54, 1.807) is 0 Å². The number of likely N-dealkylation sites (tertiary alicyclic amines) is 1.